The van der Waals surface area contributed by atoms with Crippen LogP contribution in [0, 0.1) is 13.8 Å². The van der Waals surface area contributed by atoms with Gasteiger partial charge in [-0.3, -0.25) is 0 Å². The molecular weight excluding hydrogens is 408 g/mol. The molecule has 0 bridgehead atoms. The second-order valence-corrected chi connectivity index (χ2v) is 8.32. The summed E-state index contributed by atoms with van der Waals surface area (Å²) in [5.74, 6) is 1.17. The highest BCUT2D eigenvalue weighted by molar-refractivity contribution is 6.38. The zero-order valence-corrected chi connectivity index (χ0v) is 18.6. The molecule has 156 valence electrons. The van der Waals surface area contributed by atoms with E-state index in [2.05, 4.69) is 5.32 Å². The first-order chi connectivity index (χ1) is 14.0. The van der Waals surface area contributed by atoms with Gasteiger partial charge in [0.25, 0.3) is 0 Å². The first-order valence-corrected chi connectivity index (χ1v) is 11.0. The van der Waals surface area contributed by atoms with E-state index in [1.807, 2.05) is 38.1 Å². The Kier molecular flexibility index (Phi) is 8.55. The number of halogens is 2. The number of nitrogens with one attached hydrogen (secondary N) is 1. The quantitative estimate of drug-likeness (QED) is 0.387. The summed E-state index contributed by atoms with van der Waals surface area (Å²) in [7, 11) is -0.902. The summed E-state index contributed by atoms with van der Waals surface area (Å²) in [5, 5.41) is 4.83. The molecule has 0 saturated heterocycles. The summed E-state index contributed by atoms with van der Waals surface area (Å²) in [6.07, 6.45) is 6.42. The SMILES string of the molecule is Cc1ccc(OB(OCCNC2CCCCC2)Oc2ccc(C)c(Cl)c2)cc1Cl. The third kappa shape index (κ3) is 7.11. The van der Waals surface area contributed by atoms with Gasteiger partial charge < -0.3 is 19.3 Å². The molecule has 2 aromatic carbocycles. The Hall–Kier alpha value is -1.40. The van der Waals surface area contributed by atoms with Crippen LogP contribution < -0.4 is 14.6 Å². The molecule has 0 spiro atoms. The lowest BCUT2D eigenvalue weighted by Gasteiger charge is -2.23. The van der Waals surface area contributed by atoms with Crippen LogP contribution in [-0.4, -0.2) is 26.5 Å². The van der Waals surface area contributed by atoms with Crippen LogP contribution in [0.4, 0.5) is 0 Å². The zero-order valence-electron chi connectivity index (χ0n) is 17.0. The average Bonchev–Trinajstić information content (AvgIpc) is 2.71. The van der Waals surface area contributed by atoms with Gasteiger partial charge in [0.15, 0.2) is 0 Å². The summed E-state index contributed by atoms with van der Waals surface area (Å²) in [6, 6.07) is 11.6. The molecule has 1 fully saturated rings. The van der Waals surface area contributed by atoms with Crippen LogP contribution in [0.1, 0.15) is 43.2 Å². The zero-order chi connectivity index (χ0) is 20.6. The normalized spacial score (nSPS) is 14.6. The fraction of sp³-hybridized carbons (Fsp3) is 0.455. The van der Waals surface area contributed by atoms with Crippen LogP contribution in [0.3, 0.4) is 0 Å². The lowest BCUT2D eigenvalue weighted by molar-refractivity contribution is 0.196. The van der Waals surface area contributed by atoms with Gasteiger partial charge in [-0.15, -0.1) is 0 Å². The maximum atomic E-state index is 6.22. The monoisotopic (exact) mass is 435 g/mol. The number of hydrogen-bond donors (Lipinski definition) is 1. The first kappa shape index (κ1) is 22.3. The van der Waals surface area contributed by atoms with Crippen molar-refractivity contribution in [2.24, 2.45) is 0 Å². The minimum absolute atomic E-state index is 0.473. The Labute approximate surface area is 184 Å². The highest BCUT2D eigenvalue weighted by Crippen LogP contribution is 2.25. The molecule has 0 atom stereocenters. The van der Waals surface area contributed by atoms with Crippen molar-refractivity contribution in [1.82, 2.24) is 5.32 Å². The van der Waals surface area contributed by atoms with Gasteiger partial charge in [-0.25, -0.2) is 0 Å². The average molecular weight is 436 g/mol. The van der Waals surface area contributed by atoms with E-state index in [1.165, 1.54) is 32.1 Å². The number of rotatable bonds is 9. The summed E-state index contributed by atoms with van der Waals surface area (Å²) >= 11 is 12.4. The Morgan fingerprint density at radius 3 is 1.97 bits per heavy atom. The van der Waals surface area contributed by atoms with Gasteiger partial charge in [0.05, 0.1) is 0 Å². The van der Waals surface area contributed by atoms with Gasteiger partial charge in [0.2, 0.25) is 0 Å². The van der Waals surface area contributed by atoms with E-state index < -0.39 is 7.32 Å². The fourth-order valence-corrected chi connectivity index (χ4v) is 3.67. The van der Waals surface area contributed by atoms with Crippen LogP contribution >= 0.6 is 23.2 Å². The standard InChI is InChI=1S/C22H28BCl2NO3/c1-16-8-10-19(14-21(16)24)28-23(29-20-11-9-17(2)22(25)15-20)27-13-12-26-18-6-4-3-5-7-18/h8-11,14-15,18,26H,3-7,12-13H2,1-2H3. The van der Waals surface area contributed by atoms with Crippen LogP contribution in [0.5, 0.6) is 11.5 Å². The van der Waals surface area contributed by atoms with Crippen LogP contribution in [0.15, 0.2) is 36.4 Å². The molecule has 1 N–H and O–H groups in total. The molecule has 1 aliphatic carbocycles. The van der Waals surface area contributed by atoms with Gasteiger partial charge in [-0.1, -0.05) is 54.6 Å². The molecule has 0 aliphatic heterocycles. The molecule has 1 saturated carbocycles. The van der Waals surface area contributed by atoms with Gasteiger partial charge in [-0.05, 0) is 62.1 Å². The minimum Gasteiger partial charge on any atom is -0.501 e. The Bertz CT molecular complexity index is 746. The smallest absolute Gasteiger partial charge is 0.501 e. The Balaban J connectivity index is 1.59. The predicted octanol–water partition coefficient (Wildman–Crippen LogP) is 5.99. The molecule has 0 amide bonds. The number of hydrogen-bond acceptors (Lipinski definition) is 4. The van der Waals surface area contributed by atoms with E-state index in [-0.39, 0.29) is 0 Å². The third-order valence-electron chi connectivity index (χ3n) is 5.15. The van der Waals surface area contributed by atoms with Gasteiger partial charge in [0, 0.05) is 29.2 Å². The van der Waals surface area contributed by atoms with Crippen molar-refractivity contribution in [2.75, 3.05) is 13.2 Å². The highest BCUT2D eigenvalue weighted by Gasteiger charge is 2.27. The Morgan fingerprint density at radius 2 is 1.45 bits per heavy atom. The number of benzene rings is 2. The summed E-state index contributed by atoms with van der Waals surface area (Å²) < 4.78 is 17.7. The molecule has 0 radical (unpaired) electrons. The third-order valence-corrected chi connectivity index (χ3v) is 5.96. The molecule has 2 aromatic rings. The van der Waals surface area contributed by atoms with Crippen molar-refractivity contribution < 1.29 is 14.0 Å². The highest BCUT2D eigenvalue weighted by atomic mass is 35.5. The number of aryl methyl sites for hydroxylation is 2. The molecule has 7 heteroatoms. The van der Waals surface area contributed by atoms with Crippen molar-refractivity contribution in [3.8, 4) is 11.5 Å². The van der Waals surface area contributed by atoms with Gasteiger partial charge >= 0.3 is 7.32 Å². The molecular formula is C22H28BCl2NO3. The van der Waals surface area contributed by atoms with Crippen molar-refractivity contribution in [1.29, 1.82) is 0 Å². The van der Waals surface area contributed by atoms with Crippen molar-refractivity contribution in [2.45, 2.75) is 52.0 Å². The lowest BCUT2D eigenvalue weighted by Crippen LogP contribution is -2.38. The Morgan fingerprint density at radius 1 is 0.897 bits per heavy atom. The molecule has 29 heavy (non-hydrogen) atoms. The molecule has 3 rings (SSSR count). The van der Waals surface area contributed by atoms with E-state index in [4.69, 9.17) is 37.2 Å². The van der Waals surface area contributed by atoms with Gasteiger partial charge in [0.1, 0.15) is 11.5 Å². The molecule has 4 nitrogen and oxygen atoms in total. The van der Waals surface area contributed by atoms with E-state index in [0.29, 0.717) is 34.2 Å². The topological polar surface area (TPSA) is 39.7 Å². The molecule has 1 aliphatic rings. The molecule has 0 unspecified atom stereocenters. The minimum atomic E-state index is -0.902. The summed E-state index contributed by atoms with van der Waals surface area (Å²) in [4.78, 5) is 0. The van der Waals surface area contributed by atoms with Crippen LogP contribution in [-0.2, 0) is 4.65 Å². The molecule has 0 heterocycles. The largest absolute Gasteiger partial charge is 0.788 e. The van der Waals surface area contributed by atoms with E-state index in [9.17, 15) is 0 Å². The summed E-state index contributed by atoms with van der Waals surface area (Å²) in [5.41, 5.74) is 1.97. The fourth-order valence-electron chi connectivity index (χ4n) is 3.33. The van der Waals surface area contributed by atoms with Crippen molar-refractivity contribution in [3.05, 3.63) is 57.6 Å². The van der Waals surface area contributed by atoms with E-state index in [1.54, 1.807) is 12.1 Å². The molecule has 0 aromatic heterocycles. The summed E-state index contributed by atoms with van der Waals surface area (Å²) in [6.45, 7) is 5.11. The van der Waals surface area contributed by atoms with Crippen molar-refractivity contribution in [3.63, 3.8) is 0 Å². The first-order valence-electron chi connectivity index (χ1n) is 10.2. The van der Waals surface area contributed by atoms with E-state index in [0.717, 1.165) is 17.7 Å². The lowest BCUT2D eigenvalue weighted by atomic mass is 9.96. The second-order valence-electron chi connectivity index (χ2n) is 7.51. The van der Waals surface area contributed by atoms with Crippen LogP contribution in [0.25, 0.3) is 0 Å². The maximum Gasteiger partial charge on any atom is 0.788 e. The van der Waals surface area contributed by atoms with E-state index >= 15 is 0 Å². The second kappa shape index (κ2) is 11.1. The maximum absolute atomic E-state index is 6.22. The van der Waals surface area contributed by atoms with Gasteiger partial charge in [-0.2, -0.15) is 0 Å². The van der Waals surface area contributed by atoms with Crippen molar-refractivity contribution >= 4 is 30.5 Å². The predicted molar refractivity (Wildman–Crippen MR) is 120 cm³/mol. The van der Waals surface area contributed by atoms with Crippen LogP contribution in [0.2, 0.25) is 10.0 Å².